The van der Waals surface area contributed by atoms with Gasteiger partial charge in [0, 0.05) is 18.3 Å². The van der Waals surface area contributed by atoms with Crippen molar-refractivity contribution in [2.45, 2.75) is 45.6 Å². The standard InChI is InChI=1S/C9H17N.C9H15N/c2*1-4-6-7-9(3)10-8-5-2/h4-5,9-10H,1-2,6-8H2,3H3;4-5H,1-2,6-8H2,3H3. The lowest BCUT2D eigenvalue weighted by Gasteiger charge is -2.09. The first-order chi connectivity index (χ1) is 9.62. The molecule has 1 atom stereocenters. The Morgan fingerprint density at radius 2 is 1.70 bits per heavy atom. The van der Waals surface area contributed by atoms with Gasteiger partial charge in [0.1, 0.15) is 0 Å². The minimum atomic E-state index is 0.580. The summed E-state index contributed by atoms with van der Waals surface area (Å²) in [4.78, 5) is 4.23. The third-order valence-electron chi connectivity index (χ3n) is 2.62. The summed E-state index contributed by atoms with van der Waals surface area (Å²) >= 11 is 0. The number of rotatable bonds is 11. The number of hydrogen-bond acceptors (Lipinski definition) is 2. The lowest BCUT2D eigenvalue weighted by atomic mass is 10.2. The van der Waals surface area contributed by atoms with Crippen molar-refractivity contribution in [2.75, 3.05) is 13.1 Å². The van der Waals surface area contributed by atoms with Crippen LogP contribution in [0, 0.1) is 0 Å². The van der Waals surface area contributed by atoms with Gasteiger partial charge in [0.2, 0.25) is 0 Å². The van der Waals surface area contributed by atoms with E-state index in [9.17, 15) is 0 Å². The normalized spacial score (nSPS) is 11.8. The van der Waals surface area contributed by atoms with E-state index in [1.807, 2.05) is 25.2 Å². The van der Waals surface area contributed by atoms with Crippen LogP contribution in [0.5, 0.6) is 0 Å². The molecule has 0 aliphatic carbocycles. The molecule has 1 N–H and O–H groups in total. The lowest BCUT2D eigenvalue weighted by Crippen LogP contribution is -2.25. The van der Waals surface area contributed by atoms with Gasteiger partial charge < -0.3 is 5.32 Å². The molecule has 0 aliphatic rings. The van der Waals surface area contributed by atoms with Crippen LogP contribution in [0.3, 0.4) is 0 Å². The number of hydrogen-bond donors (Lipinski definition) is 1. The van der Waals surface area contributed by atoms with Crippen LogP contribution in [0.4, 0.5) is 0 Å². The van der Waals surface area contributed by atoms with Crippen LogP contribution in [-0.2, 0) is 0 Å². The molecule has 0 fully saturated rings. The summed E-state index contributed by atoms with van der Waals surface area (Å²) in [5.74, 6) is 0. The molecular weight excluding hydrogens is 244 g/mol. The highest BCUT2D eigenvalue weighted by Crippen LogP contribution is 1.95. The summed E-state index contributed by atoms with van der Waals surface area (Å²) in [5, 5.41) is 3.30. The molecule has 1 unspecified atom stereocenters. The molecule has 0 radical (unpaired) electrons. The summed E-state index contributed by atoms with van der Waals surface area (Å²) in [6.07, 6.45) is 11.8. The van der Waals surface area contributed by atoms with E-state index in [2.05, 4.69) is 43.5 Å². The van der Waals surface area contributed by atoms with Crippen molar-refractivity contribution in [1.29, 1.82) is 0 Å². The molecule has 0 heterocycles. The van der Waals surface area contributed by atoms with Crippen molar-refractivity contribution in [3.05, 3.63) is 50.6 Å². The fourth-order valence-electron chi connectivity index (χ4n) is 1.36. The van der Waals surface area contributed by atoms with E-state index >= 15 is 0 Å². The molecule has 20 heavy (non-hydrogen) atoms. The van der Waals surface area contributed by atoms with Crippen LogP contribution in [0.15, 0.2) is 55.6 Å². The van der Waals surface area contributed by atoms with E-state index < -0.39 is 0 Å². The van der Waals surface area contributed by atoms with Crippen molar-refractivity contribution in [2.24, 2.45) is 4.99 Å². The Balaban J connectivity index is 0. The average Bonchev–Trinajstić information content (AvgIpc) is 2.47. The van der Waals surface area contributed by atoms with Crippen LogP contribution in [0.2, 0.25) is 0 Å². The number of aliphatic imine (C=N–C) groups is 1. The summed E-state index contributed by atoms with van der Waals surface area (Å²) in [6.45, 7) is 20.4. The van der Waals surface area contributed by atoms with Crippen molar-refractivity contribution in [3.63, 3.8) is 0 Å². The van der Waals surface area contributed by atoms with Gasteiger partial charge in [-0.15, -0.1) is 26.3 Å². The molecule has 2 nitrogen and oxygen atoms in total. The molecule has 0 amide bonds. The zero-order valence-electron chi connectivity index (χ0n) is 13.4. The van der Waals surface area contributed by atoms with Crippen LogP contribution in [0.1, 0.15) is 39.5 Å². The van der Waals surface area contributed by atoms with Crippen molar-refractivity contribution >= 4 is 5.71 Å². The highest BCUT2D eigenvalue weighted by atomic mass is 14.9. The second-order valence-electron chi connectivity index (χ2n) is 4.66. The van der Waals surface area contributed by atoms with Gasteiger partial charge in [-0.3, -0.25) is 4.99 Å². The summed E-state index contributed by atoms with van der Waals surface area (Å²) in [5.41, 5.74) is 1.18. The molecule has 0 bridgehead atoms. The van der Waals surface area contributed by atoms with Crippen molar-refractivity contribution in [1.82, 2.24) is 5.32 Å². The minimum absolute atomic E-state index is 0.580. The van der Waals surface area contributed by atoms with Crippen molar-refractivity contribution in [3.8, 4) is 0 Å². The monoisotopic (exact) mass is 276 g/mol. The Kier molecular flexibility index (Phi) is 18.4. The Hall–Kier alpha value is -1.41. The molecule has 0 aromatic heterocycles. The Bertz CT molecular complexity index is 278. The highest BCUT2D eigenvalue weighted by Gasteiger charge is 1.95. The van der Waals surface area contributed by atoms with E-state index in [0.717, 1.165) is 38.8 Å². The quantitative estimate of drug-likeness (QED) is 0.429. The molecule has 0 aliphatic heterocycles. The first kappa shape index (κ1) is 20.9. The second-order valence-corrected chi connectivity index (χ2v) is 4.66. The first-order valence-corrected chi connectivity index (χ1v) is 7.29. The van der Waals surface area contributed by atoms with Gasteiger partial charge in [-0.1, -0.05) is 24.3 Å². The van der Waals surface area contributed by atoms with Gasteiger partial charge in [-0.2, -0.15) is 0 Å². The smallest absolute Gasteiger partial charge is 0.0566 e. The molecule has 0 aromatic carbocycles. The maximum atomic E-state index is 4.23. The molecule has 2 heteroatoms. The van der Waals surface area contributed by atoms with E-state index in [-0.39, 0.29) is 0 Å². The lowest BCUT2D eigenvalue weighted by molar-refractivity contribution is 0.548. The van der Waals surface area contributed by atoms with Gasteiger partial charge in [0.25, 0.3) is 0 Å². The highest BCUT2D eigenvalue weighted by molar-refractivity contribution is 5.82. The minimum Gasteiger partial charge on any atom is -0.311 e. The number of nitrogens with zero attached hydrogens (tertiary/aromatic N) is 1. The predicted molar refractivity (Wildman–Crippen MR) is 94.7 cm³/mol. The molecular formula is C18H32N2. The third-order valence-corrected chi connectivity index (χ3v) is 2.62. The SMILES string of the molecule is C=CCCC(C)=NCC=C.C=CCCC(C)NCC=C. The fourth-order valence-corrected chi connectivity index (χ4v) is 1.36. The van der Waals surface area contributed by atoms with Crippen LogP contribution in [-0.4, -0.2) is 24.8 Å². The fraction of sp³-hybridized carbons (Fsp3) is 0.500. The Morgan fingerprint density at radius 3 is 2.20 bits per heavy atom. The molecule has 0 spiro atoms. The third kappa shape index (κ3) is 18.9. The number of nitrogens with one attached hydrogen (secondary N) is 1. The van der Waals surface area contributed by atoms with Crippen molar-refractivity contribution < 1.29 is 0 Å². The van der Waals surface area contributed by atoms with E-state index in [1.165, 1.54) is 5.71 Å². The summed E-state index contributed by atoms with van der Waals surface area (Å²) < 4.78 is 0. The van der Waals surface area contributed by atoms with E-state index in [4.69, 9.17) is 0 Å². The van der Waals surface area contributed by atoms with Gasteiger partial charge in [-0.25, -0.2) is 0 Å². The molecule has 114 valence electrons. The summed E-state index contributed by atoms with van der Waals surface area (Å²) in [6, 6.07) is 0.580. The van der Waals surface area contributed by atoms with Gasteiger partial charge in [0.05, 0.1) is 6.54 Å². The van der Waals surface area contributed by atoms with Crippen LogP contribution in [0.25, 0.3) is 0 Å². The van der Waals surface area contributed by atoms with E-state index in [0.29, 0.717) is 6.04 Å². The predicted octanol–water partition coefficient (Wildman–Crippen LogP) is 4.72. The maximum Gasteiger partial charge on any atom is 0.0566 e. The molecule has 0 saturated heterocycles. The average molecular weight is 276 g/mol. The molecule has 0 aromatic rings. The van der Waals surface area contributed by atoms with Crippen LogP contribution < -0.4 is 5.32 Å². The van der Waals surface area contributed by atoms with Gasteiger partial charge in [0.15, 0.2) is 0 Å². The zero-order valence-corrected chi connectivity index (χ0v) is 13.4. The van der Waals surface area contributed by atoms with Gasteiger partial charge in [-0.05, 0) is 39.5 Å². The Labute approximate surface area is 126 Å². The molecule has 0 rings (SSSR count). The van der Waals surface area contributed by atoms with Gasteiger partial charge >= 0.3 is 0 Å². The van der Waals surface area contributed by atoms with Crippen LogP contribution >= 0.6 is 0 Å². The van der Waals surface area contributed by atoms with E-state index in [1.54, 1.807) is 6.08 Å². The first-order valence-electron chi connectivity index (χ1n) is 7.29. The topological polar surface area (TPSA) is 24.4 Å². The molecule has 0 saturated carbocycles. The zero-order chi connectivity index (χ0) is 15.6. The Morgan fingerprint density at radius 1 is 1.05 bits per heavy atom. The number of allylic oxidation sites excluding steroid dienone is 2. The maximum absolute atomic E-state index is 4.23. The second kappa shape index (κ2) is 17.6. The largest absolute Gasteiger partial charge is 0.311 e. The summed E-state index contributed by atoms with van der Waals surface area (Å²) in [7, 11) is 0.